The van der Waals surface area contributed by atoms with Gasteiger partial charge in [-0.3, -0.25) is 4.99 Å². The highest BCUT2D eigenvalue weighted by Gasteiger charge is 2.18. The molecule has 0 spiro atoms. The molecule has 0 amide bonds. The first-order valence-electron chi connectivity index (χ1n) is 8.67. The number of aliphatic imine (C=N–C) groups is 1. The summed E-state index contributed by atoms with van der Waals surface area (Å²) in [7, 11) is -3.94. The third kappa shape index (κ3) is 4.88. The quantitative estimate of drug-likeness (QED) is 0.354. The Morgan fingerprint density at radius 2 is 1.61 bits per heavy atom. The fraction of sp³-hybridized carbons (Fsp3) is 0.136. The molecular weight excluding hydrogens is 438 g/mol. The largest absolute Gasteiger partial charge is 0.378 e. The fourth-order valence-electron chi connectivity index (χ4n) is 2.52. The summed E-state index contributed by atoms with van der Waals surface area (Å²) in [5.74, 6) is 0.219. The lowest BCUT2D eigenvalue weighted by Gasteiger charge is -2.10. The lowest BCUT2D eigenvalue weighted by molar-refractivity contribution is 0.485. The minimum atomic E-state index is -3.94. The van der Waals surface area contributed by atoms with E-state index in [1.165, 1.54) is 17.7 Å². The first kappa shape index (κ1) is 20.3. The van der Waals surface area contributed by atoms with Crippen LogP contribution in [0.5, 0.6) is 5.75 Å². The molecule has 0 aliphatic heterocycles. The van der Waals surface area contributed by atoms with Crippen LogP contribution in [-0.4, -0.2) is 14.6 Å². The zero-order valence-electron chi connectivity index (χ0n) is 15.8. The van der Waals surface area contributed by atoms with Crippen molar-refractivity contribution >= 4 is 38.0 Å². The van der Waals surface area contributed by atoms with Crippen molar-refractivity contribution in [2.75, 3.05) is 0 Å². The van der Waals surface area contributed by atoms with Crippen molar-refractivity contribution < 1.29 is 12.6 Å². The first-order chi connectivity index (χ1) is 13.2. The zero-order valence-corrected chi connectivity index (χ0v) is 18.2. The van der Waals surface area contributed by atoms with Gasteiger partial charge < -0.3 is 4.18 Å². The van der Waals surface area contributed by atoms with Crippen LogP contribution in [0, 0.1) is 20.8 Å². The SMILES string of the molecule is Cc1ccc(S(=O)(=O)Oc2ccc(Br)cc2C=Nc2ccc(C)c(C)c2)cc1. The molecule has 0 aromatic heterocycles. The van der Waals surface area contributed by atoms with E-state index < -0.39 is 10.1 Å². The Labute approximate surface area is 174 Å². The smallest absolute Gasteiger partial charge is 0.339 e. The molecule has 4 nitrogen and oxygen atoms in total. The Balaban J connectivity index is 1.93. The van der Waals surface area contributed by atoms with Crippen LogP contribution >= 0.6 is 15.9 Å². The topological polar surface area (TPSA) is 55.7 Å². The van der Waals surface area contributed by atoms with Crippen LogP contribution in [0.2, 0.25) is 0 Å². The van der Waals surface area contributed by atoms with Gasteiger partial charge in [0.25, 0.3) is 0 Å². The summed E-state index contributed by atoms with van der Waals surface area (Å²) in [5, 5.41) is 0. The van der Waals surface area contributed by atoms with Gasteiger partial charge in [-0.25, -0.2) is 0 Å². The molecule has 0 aliphatic rings. The van der Waals surface area contributed by atoms with Crippen LogP contribution in [0.15, 0.2) is 75.0 Å². The van der Waals surface area contributed by atoms with E-state index in [-0.39, 0.29) is 10.6 Å². The van der Waals surface area contributed by atoms with E-state index in [0.717, 1.165) is 21.3 Å². The predicted molar refractivity (Wildman–Crippen MR) is 116 cm³/mol. The maximum Gasteiger partial charge on any atom is 0.339 e. The van der Waals surface area contributed by atoms with Gasteiger partial charge in [-0.1, -0.05) is 39.7 Å². The lowest BCUT2D eigenvalue weighted by atomic mass is 10.1. The summed E-state index contributed by atoms with van der Waals surface area (Å²) in [6.07, 6.45) is 1.61. The average Bonchev–Trinajstić information content (AvgIpc) is 2.65. The third-order valence-corrected chi connectivity index (χ3v) is 6.07. The number of hydrogen-bond acceptors (Lipinski definition) is 4. The number of aryl methyl sites for hydroxylation is 3. The molecule has 0 bridgehead atoms. The van der Waals surface area contributed by atoms with Gasteiger partial charge in [0, 0.05) is 16.3 Å². The van der Waals surface area contributed by atoms with Crippen LogP contribution in [0.3, 0.4) is 0 Å². The second kappa shape index (κ2) is 8.29. The molecule has 0 saturated heterocycles. The molecule has 0 unspecified atom stereocenters. The molecule has 0 N–H and O–H groups in total. The molecule has 3 aromatic rings. The minimum absolute atomic E-state index is 0.109. The van der Waals surface area contributed by atoms with E-state index in [1.54, 1.807) is 36.5 Å². The molecular formula is C22H20BrNO3S. The lowest BCUT2D eigenvalue weighted by Crippen LogP contribution is -2.11. The Bertz CT molecular complexity index is 1140. The van der Waals surface area contributed by atoms with Crippen molar-refractivity contribution in [3.63, 3.8) is 0 Å². The van der Waals surface area contributed by atoms with Crippen molar-refractivity contribution in [1.82, 2.24) is 0 Å². The number of hydrogen-bond donors (Lipinski definition) is 0. The van der Waals surface area contributed by atoms with Crippen LogP contribution in [-0.2, 0) is 10.1 Å². The van der Waals surface area contributed by atoms with E-state index in [0.29, 0.717) is 5.56 Å². The number of halogens is 1. The van der Waals surface area contributed by atoms with Crippen molar-refractivity contribution in [2.45, 2.75) is 25.7 Å². The molecule has 0 heterocycles. The Morgan fingerprint density at radius 3 is 2.29 bits per heavy atom. The highest BCUT2D eigenvalue weighted by Crippen LogP contribution is 2.26. The van der Waals surface area contributed by atoms with E-state index in [9.17, 15) is 8.42 Å². The van der Waals surface area contributed by atoms with Gasteiger partial charge in [0.1, 0.15) is 4.90 Å². The molecule has 3 rings (SSSR count). The van der Waals surface area contributed by atoms with Gasteiger partial charge >= 0.3 is 10.1 Å². The summed E-state index contributed by atoms with van der Waals surface area (Å²) in [6, 6.07) is 17.5. The molecule has 0 aliphatic carbocycles. The van der Waals surface area contributed by atoms with Crippen molar-refractivity contribution in [1.29, 1.82) is 0 Å². The Morgan fingerprint density at radius 1 is 0.893 bits per heavy atom. The van der Waals surface area contributed by atoms with E-state index in [1.807, 2.05) is 39.0 Å². The summed E-state index contributed by atoms with van der Waals surface area (Å²) in [4.78, 5) is 4.58. The van der Waals surface area contributed by atoms with Crippen molar-refractivity contribution in [2.24, 2.45) is 4.99 Å². The van der Waals surface area contributed by atoms with Crippen LogP contribution in [0.4, 0.5) is 5.69 Å². The van der Waals surface area contributed by atoms with Gasteiger partial charge in [0.2, 0.25) is 0 Å². The maximum atomic E-state index is 12.6. The molecule has 3 aromatic carbocycles. The molecule has 0 fully saturated rings. The summed E-state index contributed by atoms with van der Waals surface area (Å²) >= 11 is 3.41. The van der Waals surface area contributed by atoms with Gasteiger partial charge in [0.15, 0.2) is 5.75 Å². The number of benzene rings is 3. The van der Waals surface area contributed by atoms with Gasteiger partial charge in [-0.2, -0.15) is 8.42 Å². The van der Waals surface area contributed by atoms with Crippen molar-refractivity contribution in [3.8, 4) is 5.75 Å². The van der Waals surface area contributed by atoms with Crippen LogP contribution in [0.1, 0.15) is 22.3 Å². The van der Waals surface area contributed by atoms with Gasteiger partial charge in [-0.05, 0) is 74.4 Å². The molecule has 28 heavy (non-hydrogen) atoms. The highest BCUT2D eigenvalue weighted by molar-refractivity contribution is 9.10. The number of rotatable bonds is 5. The minimum Gasteiger partial charge on any atom is -0.378 e. The standard InChI is InChI=1S/C22H20BrNO3S/c1-15-4-9-21(10-5-15)28(25,26)27-22-11-7-19(23)13-18(22)14-24-20-8-6-16(2)17(3)12-20/h4-14H,1-3H3. The second-order valence-electron chi connectivity index (χ2n) is 6.56. The maximum absolute atomic E-state index is 12.6. The van der Waals surface area contributed by atoms with Gasteiger partial charge in [0.05, 0.1) is 5.69 Å². The average molecular weight is 458 g/mol. The Hall–Kier alpha value is -2.44. The van der Waals surface area contributed by atoms with Crippen LogP contribution in [0.25, 0.3) is 0 Å². The summed E-state index contributed by atoms with van der Waals surface area (Å²) < 4.78 is 31.5. The predicted octanol–water partition coefficient (Wildman–Crippen LogP) is 5.89. The fourth-order valence-corrected chi connectivity index (χ4v) is 3.85. The monoisotopic (exact) mass is 457 g/mol. The first-order valence-corrected chi connectivity index (χ1v) is 10.9. The van der Waals surface area contributed by atoms with E-state index >= 15 is 0 Å². The van der Waals surface area contributed by atoms with Gasteiger partial charge in [-0.15, -0.1) is 0 Å². The molecule has 0 radical (unpaired) electrons. The third-order valence-electron chi connectivity index (χ3n) is 4.32. The summed E-state index contributed by atoms with van der Waals surface area (Å²) in [6.45, 7) is 5.96. The van der Waals surface area contributed by atoms with E-state index in [4.69, 9.17) is 4.18 Å². The molecule has 6 heteroatoms. The summed E-state index contributed by atoms with van der Waals surface area (Å²) in [5.41, 5.74) is 4.65. The second-order valence-corrected chi connectivity index (χ2v) is 9.02. The van der Waals surface area contributed by atoms with E-state index in [2.05, 4.69) is 20.9 Å². The zero-order chi connectivity index (χ0) is 20.3. The normalized spacial score (nSPS) is 11.7. The number of nitrogens with zero attached hydrogens (tertiary/aromatic N) is 1. The molecule has 0 saturated carbocycles. The molecule has 144 valence electrons. The molecule has 0 atom stereocenters. The Kier molecular flexibility index (Phi) is 6.01. The highest BCUT2D eigenvalue weighted by atomic mass is 79.9. The van der Waals surface area contributed by atoms with Crippen LogP contribution < -0.4 is 4.18 Å². The van der Waals surface area contributed by atoms with Crippen molar-refractivity contribution in [3.05, 3.63) is 87.4 Å².